The fourth-order valence-electron chi connectivity index (χ4n) is 3.18. The lowest BCUT2D eigenvalue weighted by Gasteiger charge is -2.30. The predicted molar refractivity (Wildman–Crippen MR) is 125 cm³/mol. The van der Waals surface area contributed by atoms with Gasteiger partial charge in [-0.1, -0.05) is 25.1 Å². The van der Waals surface area contributed by atoms with Crippen molar-refractivity contribution in [1.29, 1.82) is 0 Å². The molecule has 0 spiro atoms. The highest BCUT2D eigenvalue weighted by Crippen LogP contribution is 2.29. The van der Waals surface area contributed by atoms with Crippen molar-refractivity contribution in [1.82, 2.24) is 4.72 Å². The van der Waals surface area contributed by atoms with E-state index in [9.17, 15) is 21.6 Å². The van der Waals surface area contributed by atoms with Crippen molar-refractivity contribution < 1.29 is 26.4 Å². The summed E-state index contributed by atoms with van der Waals surface area (Å²) in [6.07, 6.45) is 1.21. The van der Waals surface area contributed by atoms with Crippen LogP contribution in [0, 0.1) is 0 Å². The third kappa shape index (κ3) is 6.21. The van der Waals surface area contributed by atoms with Crippen LogP contribution in [0.25, 0.3) is 0 Å². The fraction of sp³-hybridized carbons (Fsp3) is 0.381. The van der Waals surface area contributed by atoms with E-state index in [4.69, 9.17) is 4.74 Å². The number of hydrogen-bond donors (Lipinski definition) is 2. The van der Waals surface area contributed by atoms with E-state index < -0.39 is 32.0 Å². The van der Waals surface area contributed by atoms with Gasteiger partial charge in [-0.2, -0.15) is 0 Å². The van der Waals surface area contributed by atoms with Crippen molar-refractivity contribution in [3.8, 4) is 5.75 Å². The van der Waals surface area contributed by atoms with Crippen LogP contribution >= 0.6 is 0 Å². The third-order valence-corrected chi connectivity index (χ3v) is 7.31. The quantitative estimate of drug-likeness (QED) is 0.536. The zero-order valence-electron chi connectivity index (χ0n) is 18.7. The van der Waals surface area contributed by atoms with Crippen LogP contribution in [0.1, 0.15) is 27.2 Å². The molecule has 0 fully saturated rings. The zero-order chi connectivity index (χ0) is 24.1. The molecule has 0 aliphatic carbocycles. The van der Waals surface area contributed by atoms with Gasteiger partial charge in [0.25, 0.3) is 0 Å². The maximum atomic E-state index is 13.2. The minimum absolute atomic E-state index is 0.0571. The van der Waals surface area contributed by atoms with Gasteiger partial charge in [-0.05, 0) is 50.6 Å². The number of ether oxygens (including phenoxy) is 1. The van der Waals surface area contributed by atoms with Crippen LogP contribution in [0.5, 0.6) is 5.75 Å². The summed E-state index contributed by atoms with van der Waals surface area (Å²) >= 11 is 0. The number of carbonyl (C=O) groups excluding carboxylic acids is 1. The number of benzene rings is 2. The van der Waals surface area contributed by atoms with Crippen molar-refractivity contribution in [2.75, 3.05) is 23.0 Å². The number of anilines is 2. The molecule has 2 aromatic rings. The Morgan fingerprint density at radius 1 is 1.06 bits per heavy atom. The van der Waals surface area contributed by atoms with Gasteiger partial charge in [-0.3, -0.25) is 9.10 Å². The van der Waals surface area contributed by atoms with Crippen LogP contribution in [0.2, 0.25) is 0 Å². The minimum Gasteiger partial charge on any atom is -0.495 e. The molecule has 1 amide bonds. The Hall–Kier alpha value is -2.63. The van der Waals surface area contributed by atoms with Crippen LogP contribution in [0.3, 0.4) is 0 Å². The molecule has 0 aromatic heterocycles. The number of methoxy groups -OCH3 is 1. The number of rotatable bonds is 10. The molecule has 176 valence electrons. The molecule has 0 radical (unpaired) electrons. The Morgan fingerprint density at radius 2 is 1.69 bits per heavy atom. The minimum atomic E-state index is -3.81. The van der Waals surface area contributed by atoms with Crippen LogP contribution in [0.15, 0.2) is 53.4 Å². The van der Waals surface area contributed by atoms with Gasteiger partial charge >= 0.3 is 0 Å². The lowest BCUT2D eigenvalue weighted by Crippen LogP contribution is -2.47. The molecule has 1 atom stereocenters. The second-order valence-electron chi connectivity index (χ2n) is 7.45. The molecule has 0 saturated carbocycles. The molecule has 0 saturated heterocycles. The molecular weight excluding hydrogens is 454 g/mol. The molecular formula is C21H29N3O6S2. The lowest BCUT2D eigenvalue weighted by atomic mass is 10.1. The molecule has 9 nitrogen and oxygen atoms in total. The smallest absolute Gasteiger partial charge is 0.248 e. The number of nitrogens with one attached hydrogen (secondary N) is 2. The van der Waals surface area contributed by atoms with Crippen LogP contribution in [-0.2, 0) is 24.8 Å². The Labute approximate surface area is 189 Å². The Kier molecular flexibility index (Phi) is 8.27. The number of amides is 1. The summed E-state index contributed by atoms with van der Waals surface area (Å²) in [4.78, 5) is 13.1. The van der Waals surface area contributed by atoms with Gasteiger partial charge in [0.2, 0.25) is 26.0 Å². The largest absolute Gasteiger partial charge is 0.495 e. The summed E-state index contributed by atoms with van der Waals surface area (Å²) in [5.41, 5.74) is 0.463. The van der Waals surface area contributed by atoms with Crippen molar-refractivity contribution >= 4 is 37.3 Å². The molecule has 11 heteroatoms. The van der Waals surface area contributed by atoms with E-state index >= 15 is 0 Å². The highest BCUT2D eigenvalue weighted by atomic mass is 32.2. The van der Waals surface area contributed by atoms with Crippen molar-refractivity contribution in [3.63, 3.8) is 0 Å². The summed E-state index contributed by atoms with van der Waals surface area (Å²) in [6.45, 7) is 5.08. The number of nitrogens with zero attached hydrogens (tertiary/aromatic N) is 1. The molecule has 2 N–H and O–H groups in total. The molecule has 0 heterocycles. The van der Waals surface area contributed by atoms with Crippen LogP contribution in [-0.4, -0.2) is 48.2 Å². The van der Waals surface area contributed by atoms with Gasteiger partial charge < -0.3 is 10.1 Å². The van der Waals surface area contributed by atoms with E-state index in [1.807, 2.05) is 0 Å². The van der Waals surface area contributed by atoms with Crippen molar-refractivity contribution in [2.45, 2.75) is 44.2 Å². The molecule has 0 aliphatic heterocycles. The third-order valence-electron chi connectivity index (χ3n) is 4.47. The Bertz CT molecular complexity index is 1150. The van der Waals surface area contributed by atoms with Gasteiger partial charge in [-0.25, -0.2) is 21.6 Å². The highest BCUT2D eigenvalue weighted by Gasteiger charge is 2.32. The van der Waals surface area contributed by atoms with Gasteiger partial charge in [0.15, 0.2) is 0 Å². The number of carbonyl (C=O) groups is 1. The molecule has 2 rings (SSSR count). The summed E-state index contributed by atoms with van der Waals surface area (Å²) in [7, 11) is -6.22. The first-order valence-electron chi connectivity index (χ1n) is 9.96. The Morgan fingerprint density at radius 3 is 2.19 bits per heavy atom. The average Bonchev–Trinajstić information content (AvgIpc) is 2.70. The summed E-state index contributed by atoms with van der Waals surface area (Å²) in [5.74, 6) is -0.381. The number of para-hydroxylation sites is 1. The standard InChI is InChI=1S/C21H29N3O6S2/c1-6-19(24(31(5,26)27)16-10-8-7-9-11-16)21(25)22-18-14-17(12-13-20(18)30-4)32(28,29)23-15(2)3/h7-15,19,23H,6H2,1-5H3,(H,22,25). The predicted octanol–water partition coefficient (Wildman–Crippen LogP) is 2.57. The normalized spacial score (nSPS) is 12.9. The van der Waals surface area contributed by atoms with Gasteiger partial charge in [0, 0.05) is 6.04 Å². The summed E-state index contributed by atoms with van der Waals surface area (Å²) < 4.78 is 58.9. The average molecular weight is 484 g/mol. The van der Waals surface area contributed by atoms with Crippen molar-refractivity contribution in [3.05, 3.63) is 48.5 Å². The summed E-state index contributed by atoms with van der Waals surface area (Å²) in [6, 6.07) is 11.0. The lowest BCUT2D eigenvalue weighted by molar-refractivity contribution is -0.117. The number of hydrogen-bond acceptors (Lipinski definition) is 6. The van der Waals surface area contributed by atoms with Crippen molar-refractivity contribution in [2.24, 2.45) is 0 Å². The van der Waals surface area contributed by atoms with E-state index in [1.54, 1.807) is 51.1 Å². The zero-order valence-corrected chi connectivity index (χ0v) is 20.3. The second-order valence-corrected chi connectivity index (χ2v) is 11.0. The van der Waals surface area contributed by atoms with Gasteiger partial charge in [0.05, 0.1) is 29.6 Å². The first-order valence-corrected chi connectivity index (χ1v) is 13.3. The van der Waals surface area contributed by atoms with Crippen LogP contribution in [0.4, 0.5) is 11.4 Å². The molecule has 2 aromatic carbocycles. The van der Waals surface area contributed by atoms with E-state index in [0.717, 1.165) is 10.6 Å². The van der Waals surface area contributed by atoms with Gasteiger partial charge in [0.1, 0.15) is 11.8 Å². The van der Waals surface area contributed by atoms with E-state index in [2.05, 4.69) is 10.0 Å². The number of sulfonamides is 2. The first-order chi connectivity index (χ1) is 14.9. The second kappa shape index (κ2) is 10.3. The van der Waals surface area contributed by atoms with Gasteiger partial charge in [-0.15, -0.1) is 0 Å². The summed E-state index contributed by atoms with van der Waals surface area (Å²) in [5, 5.41) is 2.64. The Balaban J connectivity index is 2.45. The van der Waals surface area contributed by atoms with E-state index in [1.165, 1.54) is 25.3 Å². The maximum absolute atomic E-state index is 13.2. The first kappa shape index (κ1) is 25.6. The van der Waals surface area contributed by atoms with Crippen LogP contribution < -0.4 is 19.1 Å². The highest BCUT2D eigenvalue weighted by molar-refractivity contribution is 7.92. The fourth-order valence-corrected chi connectivity index (χ4v) is 5.67. The van der Waals surface area contributed by atoms with E-state index in [-0.39, 0.29) is 28.8 Å². The SMILES string of the molecule is CCC(C(=O)Nc1cc(S(=O)(=O)NC(C)C)ccc1OC)N(c1ccccc1)S(C)(=O)=O. The van der Waals surface area contributed by atoms with E-state index in [0.29, 0.717) is 5.69 Å². The maximum Gasteiger partial charge on any atom is 0.248 e. The molecule has 0 bridgehead atoms. The monoisotopic (exact) mass is 483 g/mol. The molecule has 1 unspecified atom stereocenters. The molecule has 32 heavy (non-hydrogen) atoms. The topological polar surface area (TPSA) is 122 Å². The molecule has 0 aliphatic rings.